The Bertz CT molecular complexity index is 557. The van der Waals surface area contributed by atoms with Crippen LogP contribution in [0.25, 0.3) is 10.9 Å². The Morgan fingerprint density at radius 2 is 1.89 bits per heavy atom. The van der Waals surface area contributed by atoms with E-state index in [1.807, 2.05) is 0 Å². The first-order valence-corrected chi connectivity index (χ1v) is 5.38. The molecule has 0 unspecified atom stereocenters. The fourth-order valence-electron chi connectivity index (χ4n) is 1.98. The van der Waals surface area contributed by atoms with E-state index in [0.717, 1.165) is 10.1 Å². The molecule has 2 rings (SSSR count). The van der Waals surface area contributed by atoms with Crippen molar-refractivity contribution in [1.82, 2.24) is 4.57 Å². The van der Waals surface area contributed by atoms with Crippen molar-refractivity contribution in [3.8, 4) is 0 Å². The second-order valence-electron chi connectivity index (χ2n) is 4.07. The van der Waals surface area contributed by atoms with Gasteiger partial charge in [-0.25, -0.2) is 4.39 Å². The highest BCUT2D eigenvalue weighted by molar-refractivity contribution is 5.82. The third-order valence-corrected chi connectivity index (χ3v) is 2.76. The van der Waals surface area contributed by atoms with Gasteiger partial charge in [0.15, 0.2) is 0 Å². The molecule has 0 saturated heterocycles. The number of alkyl halides is 4. The molecule has 6 heteroatoms. The maximum atomic E-state index is 12.8. The Hall–Kier alpha value is -1.56. The molecule has 0 aliphatic rings. The first-order chi connectivity index (χ1) is 8.44. The maximum Gasteiger partial charge on any atom is 0.406 e. The summed E-state index contributed by atoms with van der Waals surface area (Å²) >= 11 is 0. The van der Waals surface area contributed by atoms with Gasteiger partial charge in [-0.15, -0.1) is 0 Å². The van der Waals surface area contributed by atoms with E-state index in [2.05, 4.69) is 0 Å². The van der Waals surface area contributed by atoms with Gasteiger partial charge in [-0.1, -0.05) is 6.07 Å². The van der Waals surface area contributed by atoms with Crippen molar-refractivity contribution in [2.24, 2.45) is 5.73 Å². The standard InChI is InChI=1S/C12H12F4N2/c13-5-10-4-9-3-8(6-17)1-2-11(9)18(10)7-12(14,15)16/h1-4H,5-7,17H2. The molecule has 2 aromatic rings. The van der Waals surface area contributed by atoms with Gasteiger partial charge in [0.25, 0.3) is 0 Å². The van der Waals surface area contributed by atoms with Gasteiger partial charge in [0.05, 0.1) is 5.69 Å². The molecular formula is C12H12F4N2. The molecule has 0 atom stereocenters. The van der Waals surface area contributed by atoms with Crippen LogP contribution in [0.1, 0.15) is 11.3 Å². The minimum atomic E-state index is -4.37. The van der Waals surface area contributed by atoms with Gasteiger partial charge in [0.1, 0.15) is 13.2 Å². The highest BCUT2D eigenvalue weighted by atomic mass is 19.4. The summed E-state index contributed by atoms with van der Waals surface area (Å²) in [6.07, 6.45) is -4.37. The highest BCUT2D eigenvalue weighted by Crippen LogP contribution is 2.26. The maximum absolute atomic E-state index is 12.8. The minimum Gasteiger partial charge on any atom is -0.333 e. The molecule has 0 aliphatic carbocycles. The van der Waals surface area contributed by atoms with Crippen LogP contribution >= 0.6 is 0 Å². The normalized spacial score (nSPS) is 12.3. The number of aromatic nitrogens is 1. The number of benzene rings is 1. The van der Waals surface area contributed by atoms with Gasteiger partial charge < -0.3 is 10.3 Å². The van der Waals surface area contributed by atoms with Gasteiger partial charge in [-0.3, -0.25) is 0 Å². The molecule has 1 aromatic heterocycles. The number of hydrogen-bond acceptors (Lipinski definition) is 1. The number of hydrogen-bond donors (Lipinski definition) is 1. The third-order valence-electron chi connectivity index (χ3n) is 2.76. The van der Waals surface area contributed by atoms with Crippen LogP contribution in [-0.4, -0.2) is 10.7 Å². The van der Waals surface area contributed by atoms with Crippen LogP contribution < -0.4 is 5.73 Å². The Morgan fingerprint density at radius 1 is 1.17 bits per heavy atom. The van der Waals surface area contributed by atoms with Crippen LogP contribution in [0.3, 0.4) is 0 Å². The van der Waals surface area contributed by atoms with Crippen LogP contribution in [0.2, 0.25) is 0 Å². The fraction of sp³-hybridized carbons (Fsp3) is 0.333. The lowest BCUT2D eigenvalue weighted by atomic mass is 10.1. The number of nitrogens with two attached hydrogens (primary N) is 1. The lowest BCUT2D eigenvalue weighted by Gasteiger charge is -2.11. The zero-order valence-electron chi connectivity index (χ0n) is 9.47. The van der Waals surface area contributed by atoms with E-state index >= 15 is 0 Å². The van der Waals surface area contributed by atoms with Gasteiger partial charge in [-0.05, 0) is 23.8 Å². The van der Waals surface area contributed by atoms with E-state index in [4.69, 9.17) is 5.73 Å². The number of rotatable bonds is 3. The molecule has 0 spiro atoms. The molecule has 0 amide bonds. The topological polar surface area (TPSA) is 30.9 Å². The number of fused-ring (bicyclic) bond motifs is 1. The van der Waals surface area contributed by atoms with E-state index in [-0.39, 0.29) is 5.69 Å². The van der Waals surface area contributed by atoms with E-state index in [1.165, 1.54) is 6.07 Å². The third kappa shape index (κ3) is 2.48. The van der Waals surface area contributed by atoms with E-state index < -0.39 is 19.4 Å². The van der Waals surface area contributed by atoms with Crippen molar-refractivity contribution in [3.05, 3.63) is 35.5 Å². The van der Waals surface area contributed by atoms with Gasteiger partial charge in [-0.2, -0.15) is 13.2 Å². The second kappa shape index (κ2) is 4.61. The molecule has 0 bridgehead atoms. The molecule has 1 heterocycles. The Balaban J connectivity index is 2.56. The summed E-state index contributed by atoms with van der Waals surface area (Å²) in [6.45, 7) is -1.81. The highest BCUT2D eigenvalue weighted by Gasteiger charge is 2.29. The molecule has 0 radical (unpaired) electrons. The largest absolute Gasteiger partial charge is 0.406 e. The Morgan fingerprint density at radius 3 is 2.44 bits per heavy atom. The molecule has 2 N–H and O–H groups in total. The quantitative estimate of drug-likeness (QED) is 0.844. The van der Waals surface area contributed by atoms with Crippen molar-refractivity contribution < 1.29 is 17.6 Å². The Kier molecular flexibility index (Phi) is 3.30. The van der Waals surface area contributed by atoms with Crippen LogP contribution in [0, 0.1) is 0 Å². The van der Waals surface area contributed by atoms with Crippen LogP contribution in [0.4, 0.5) is 17.6 Å². The van der Waals surface area contributed by atoms with Gasteiger partial charge in [0, 0.05) is 17.4 Å². The summed E-state index contributed by atoms with van der Waals surface area (Å²) < 4.78 is 51.1. The molecule has 0 fully saturated rings. The lowest BCUT2D eigenvalue weighted by Crippen LogP contribution is -2.18. The predicted octanol–water partition coefficient (Wildman–Crippen LogP) is 3.13. The Labute approximate surface area is 101 Å². The van der Waals surface area contributed by atoms with E-state index in [1.54, 1.807) is 18.2 Å². The summed E-state index contributed by atoms with van der Waals surface area (Å²) in [5, 5.41) is 0.579. The van der Waals surface area contributed by atoms with Crippen LogP contribution in [-0.2, 0) is 19.8 Å². The monoisotopic (exact) mass is 260 g/mol. The van der Waals surface area contributed by atoms with Crippen molar-refractivity contribution >= 4 is 10.9 Å². The van der Waals surface area contributed by atoms with Gasteiger partial charge in [0.2, 0.25) is 0 Å². The van der Waals surface area contributed by atoms with E-state index in [9.17, 15) is 17.6 Å². The number of halogens is 4. The molecule has 0 saturated carbocycles. The van der Waals surface area contributed by atoms with Crippen LogP contribution in [0.5, 0.6) is 0 Å². The predicted molar refractivity (Wildman–Crippen MR) is 60.7 cm³/mol. The molecular weight excluding hydrogens is 248 g/mol. The first-order valence-electron chi connectivity index (χ1n) is 5.38. The zero-order chi connectivity index (χ0) is 13.3. The summed E-state index contributed by atoms with van der Waals surface area (Å²) in [5.41, 5.74) is 6.66. The molecule has 98 valence electrons. The van der Waals surface area contributed by atoms with Crippen molar-refractivity contribution in [1.29, 1.82) is 0 Å². The van der Waals surface area contributed by atoms with Crippen LogP contribution in [0.15, 0.2) is 24.3 Å². The van der Waals surface area contributed by atoms with Crippen molar-refractivity contribution in [2.75, 3.05) is 0 Å². The average molecular weight is 260 g/mol. The van der Waals surface area contributed by atoms with Crippen molar-refractivity contribution in [2.45, 2.75) is 25.9 Å². The molecule has 2 nitrogen and oxygen atoms in total. The second-order valence-corrected chi connectivity index (χ2v) is 4.07. The summed E-state index contributed by atoms with van der Waals surface area (Å²) in [6, 6.07) is 6.31. The summed E-state index contributed by atoms with van der Waals surface area (Å²) in [7, 11) is 0. The average Bonchev–Trinajstić information content (AvgIpc) is 2.64. The first kappa shape index (κ1) is 12.9. The van der Waals surface area contributed by atoms with Gasteiger partial charge >= 0.3 is 6.18 Å². The summed E-state index contributed by atoms with van der Waals surface area (Å²) in [4.78, 5) is 0. The smallest absolute Gasteiger partial charge is 0.333 e. The SMILES string of the molecule is NCc1ccc2c(c1)cc(CF)n2CC(F)(F)F. The fourth-order valence-corrected chi connectivity index (χ4v) is 1.98. The summed E-state index contributed by atoms with van der Waals surface area (Å²) in [5.74, 6) is 0. The molecule has 1 aromatic carbocycles. The van der Waals surface area contributed by atoms with Crippen molar-refractivity contribution in [3.63, 3.8) is 0 Å². The zero-order valence-corrected chi connectivity index (χ0v) is 9.47. The number of nitrogens with zero attached hydrogens (tertiary/aromatic N) is 1. The molecule has 0 aliphatic heterocycles. The lowest BCUT2D eigenvalue weighted by molar-refractivity contribution is -0.140. The minimum absolute atomic E-state index is 0.0245. The van der Waals surface area contributed by atoms with E-state index in [0.29, 0.717) is 17.4 Å². The molecule has 18 heavy (non-hydrogen) atoms.